The van der Waals surface area contributed by atoms with Crippen LogP contribution < -0.4 is 9.47 Å². The molecule has 1 aliphatic rings. The van der Waals surface area contributed by atoms with E-state index in [9.17, 15) is 4.79 Å². The van der Waals surface area contributed by atoms with Gasteiger partial charge < -0.3 is 23.3 Å². The highest BCUT2D eigenvalue weighted by Gasteiger charge is 2.17. The molecule has 0 fully saturated rings. The summed E-state index contributed by atoms with van der Waals surface area (Å²) in [4.78, 5) is 11.8. The zero-order valence-electron chi connectivity index (χ0n) is 12.6. The average molecular weight is 328 g/mol. The van der Waals surface area contributed by atoms with Crippen molar-refractivity contribution in [2.45, 2.75) is 13.5 Å². The Balaban J connectivity index is 1.44. The molecule has 1 aromatic carbocycles. The minimum atomic E-state index is -0.584. The molecule has 0 bridgehead atoms. The summed E-state index contributed by atoms with van der Waals surface area (Å²) in [5.74, 6) is 1.83. The number of ether oxygens (including phenoxy) is 3. The standard InChI is InChI=1S/C16H12N2O6/c1-9-4-12(18-23-9)16(19)20-7-11-6-14(24-17-11)10-2-3-13-15(5-10)22-8-21-13/h2-6H,7-8H2,1H3. The molecule has 0 N–H and O–H groups in total. The predicted molar refractivity (Wildman–Crippen MR) is 78.4 cm³/mol. The van der Waals surface area contributed by atoms with Gasteiger partial charge in [-0.25, -0.2) is 4.79 Å². The number of carbonyl (C=O) groups is 1. The Bertz CT molecular complexity index is 898. The Hall–Kier alpha value is -3.29. The Morgan fingerprint density at radius 3 is 2.83 bits per heavy atom. The second-order valence-corrected chi connectivity index (χ2v) is 5.15. The molecule has 0 amide bonds. The maximum Gasteiger partial charge on any atom is 0.360 e. The fourth-order valence-electron chi connectivity index (χ4n) is 2.24. The van der Waals surface area contributed by atoms with Crippen molar-refractivity contribution in [3.05, 3.63) is 47.5 Å². The Kier molecular flexibility index (Phi) is 3.42. The molecule has 4 rings (SSSR count). The summed E-state index contributed by atoms with van der Waals surface area (Å²) < 4.78 is 25.8. The van der Waals surface area contributed by atoms with Gasteiger partial charge in [0.15, 0.2) is 23.0 Å². The van der Waals surface area contributed by atoms with E-state index >= 15 is 0 Å². The van der Waals surface area contributed by atoms with Crippen LogP contribution in [0.3, 0.4) is 0 Å². The van der Waals surface area contributed by atoms with E-state index in [1.54, 1.807) is 25.1 Å². The molecule has 0 atom stereocenters. The molecule has 0 unspecified atom stereocenters. The van der Waals surface area contributed by atoms with Gasteiger partial charge in [0, 0.05) is 17.7 Å². The second-order valence-electron chi connectivity index (χ2n) is 5.15. The number of esters is 1. The maximum absolute atomic E-state index is 11.8. The summed E-state index contributed by atoms with van der Waals surface area (Å²) in [5.41, 5.74) is 1.39. The lowest BCUT2D eigenvalue weighted by Crippen LogP contribution is -2.05. The van der Waals surface area contributed by atoms with Crippen molar-refractivity contribution in [1.82, 2.24) is 10.3 Å². The van der Waals surface area contributed by atoms with Gasteiger partial charge in [0.1, 0.15) is 18.1 Å². The summed E-state index contributed by atoms with van der Waals surface area (Å²) in [5, 5.41) is 7.48. The van der Waals surface area contributed by atoms with Crippen LogP contribution in [0.1, 0.15) is 21.9 Å². The molecule has 0 saturated carbocycles. The van der Waals surface area contributed by atoms with Crippen LogP contribution in [-0.4, -0.2) is 23.1 Å². The number of nitrogens with zero attached hydrogens (tertiary/aromatic N) is 2. The third kappa shape index (κ3) is 2.69. The summed E-state index contributed by atoms with van der Waals surface area (Å²) in [6.45, 7) is 1.87. The van der Waals surface area contributed by atoms with Crippen molar-refractivity contribution in [3.63, 3.8) is 0 Å². The fraction of sp³-hybridized carbons (Fsp3) is 0.188. The number of benzene rings is 1. The van der Waals surface area contributed by atoms with E-state index in [1.165, 1.54) is 6.07 Å². The SMILES string of the molecule is Cc1cc(C(=O)OCc2cc(-c3ccc4c(c3)OCO4)on2)no1. The normalized spacial score (nSPS) is 12.4. The van der Waals surface area contributed by atoms with E-state index < -0.39 is 5.97 Å². The van der Waals surface area contributed by atoms with Gasteiger partial charge in [0.05, 0.1) is 0 Å². The van der Waals surface area contributed by atoms with E-state index in [1.807, 2.05) is 6.07 Å². The molecule has 0 aliphatic carbocycles. The van der Waals surface area contributed by atoms with Crippen LogP contribution in [0.25, 0.3) is 11.3 Å². The average Bonchev–Trinajstić information content (AvgIpc) is 3.32. The van der Waals surface area contributed by atoms with Crippen LogP contribution >= 0.6 is 0 Å². The minimum absolute atomic E-state index is 0.0290. The smallest absolute Gasteiger partial charge is 0.360 e. The molecule has 0 saturated heterocycles. The topological polar surface area (TPSA) is 96.8 Å². The highest BCUT2D eigenvalue weighted by atomic mass is 16.7. The Morgan fingerprint density at radius 1 is 1.12 bits per heavy atom. The van der Waals surface area contributed by atoms with Gasteiger partial charge in [-0.05, 0) is 25.1 Å². The van der Waals surface area contributed by atoms with Crippen LogP contribution in [0, 0.1) is 6.92 Å². The van der Waals surface area contributed by atoms with Gasteiger partial charge in [-0.2, -0.15) is 0 Å². The lowest BCUT2D eigenvalue weighted by molar-refractivity contribution is 0.0452. The molecule has 3 heterocycles. The van der Waals surface area contributed by atoms with E-state index in [0.29, 0.717) is 28.7 Å². The van der Waals surface area contributed by atoms with Gasteiger partial charge in [-0.1, -0.05) is 10.3 Å². The number of carbonyl (C=O) groups excluding carboxylic acids is 1. The van der Waals surface area contributed by atoms with Crippen molar-refractivity contribution in [2.75, 3.05) is 6.79 Å². The van der Waals surface area contributed by atoms with Gasteiger partial charge in [0.25, 0.3) is 0 Å². The zero-order chi connectivity index (χ0) is 16.5. The zero-order valence-corrected chi connectivity index (χ0v) is 12.6. The van der Waals surface area contributed by atoms with E-state index in [0.717, 1.165) is 5.56 Å². The molecule has 0 radical (unpaired) electrons. The quantitative estimate of drug-likeness (QED) is 0.674. The maximum atomic E-state index is 11.8. The minimum Gasteiger partial charge on any atom is -0.454 e. The van der Waals surface area contributed by atoms with Crippen LogP contribution in [0.5, 0.6) is 11.5 Å². The third-order valence-corrected chi connectivity index (χ3v) is 3.40. The molecule has 8 heteroatoms. The van der Waals surface area contributed by atoms with Crippen LogP contribution in [-0.2, 0) is 11.3 Å². The highest BCUT2D eigenvalue weighted by molar-refractivity contribution is 5.87. The van der Waals surface area contributed by atoms with E-state index in [2.05, 4.69) is 10.3 Å². The van der Waals surface area contributed by atoms with Gasteiger partial charge >= 0.3 is 5.97 Å². The van der Waals surface area contributed by atoms with E-state index in [4.69, 9.17) is 23.3 Å². The van der Waals surface area contributed by atoms with E-state index in [-0.39, 0.29) is 19.1 Å². The number of rotatable bonds is 4. The van der Waals surface area contributed by atoms with Crippen molar-refractivity contribution in [2.24, 2.45) is 0 Å². The summed E-state index contributed by atoms with van der Waals surface area (Å²) in [6, 6.07) is 8.63. The van der Waals surface area contributed by atoms with Crippen molar-refractivity contribution in [3.8, 4) is 22.8 Å². The first kappa shape index (κ1) is 14.3. The van der Waals surface area contributed by atoms with Crippen LogP contribution in [0.4, 0.5) is 0 Å². The summed E-state index contributed by atoms with van der Waals surface area (Å²) in [6.07, 6.45) is 0. The first-order valence-electron chi connectivity index (χ1n) is 7.15. The lowest BCUT2D eigenvalue weighted by atomic mass is 10.1. The number of fused-ring (bicyclic) bond motifs is 1. The Labute approximate surface area is 135 Å². The van der Waals surface area contributed by atoms with Gasteiger partial charge in [-0.3, -0.25) is 0 Å². The number of aryl methyl sites for hydroxylation is 1. The molecule has 0 spiro atoms. The monoisotopic (exact) mass is 328 g/mol. The van der Waals surface area contributed by atoms with Gasteiger partial charge in [-0.15, -0.1) is 0 Å². The molecule has 24 heavy (non-hydrogen) atoms. The summed E-state index contributed by atoms with van der Waals surface area (Å²) >= 11 is 0. The van der Waals surface area contributed by atoms with Crippen molar-refractivity contribution < 1.29 is 28.1 Å². The lowest BCUT2D eigenvalue weighted by Gasteiger charge is -1.98. The third-order valence-electron chi connectivity index (χ3n) is 3.40. The van der Waals surface area contributed by atoms with Crippen LogP contribution in [0.2, 0.25) is 0 Å². The molecular weight excluding hydrogens is 316 g/mol. The molecule has 3 aromatic rings. The number of aromatic nitrogens is 2. The van der Waals surface area contributed by atoms with Crippen molar-refractivity contribution >= 4 is 5.97 Å². The fourth-order valence-corrected chi connectivity index (χ4v) is 2.24. The number of hydrogen-bond donors (Lipinski definition) is 0. The second kappa shape index (κ2) is 5.73. The largest absolute Gasteiger partial charge is 0.454 e. The van der Waals surface area contributed by atoms with Gasteiger partial charge in [0.2, 0.25) is 6.79 Å². The molecule has 8 nitrogen and oxygen atoms in total. The number of hydrogen-bond acceptors (Lipinski definition) is 8. The first-order chi connectivity index (χ1) is 11.7. The molecule has 2 aromatic heterocycles. The van der Waals surface area contributed by atoms with Crippen LogP contribution in [0.15, 0.2) is 39.4 Å². The highest BCUT2D eigenvalue weighted by Crippen LogP contribution is 2.36. The molecule has 1 aliphatic heterocycles. The Morgan fingerprint density at radius 2 is 2.00 bits per heavy atom. The molecule has 122 valence electrons. The summed E-state index contributed by atoms with van der Waals surface area (Å²) in [7, 11) is 0. The first-order valence-corrected chi connectivity index (χ1v) is 7.15. The molecular formula is C16H12N2O6. The predicted octanol–water partition coefficient (Wildman–Crippen LogP) is 2.72. The van der Waals surface area contributed by atoms with Crippen molar-refractivity contribution in [1.29, 1.82) is 0 Å².